The average molecular weight is 215 g/mol. The summed E-state index contributed by atoms with van der Waals surface area (Å²) in [6.45, 7) is 5.61. The molecule has 1 aromatic carbocycles. The Morgan fingerprint density at radius 1 is 1.31 bits per heavy atom. The van der Waals surface area contributed by atoms with E-state index in [1.54, 1.807) is 0 Å². The second-order valence-electron chi connectivity index (χ2n) is 4.10. The van der Waals surface area contributed by atoms with Gasteiger partial charge in [0.25, 0.3) is 0 Å². The second kappa shape index (κ2) is 4.49. The summed E-state index contributed by atoms with van der Waals surface area (Å²) in [5.74, 6) is 0. The SMILES string of the molecule is Cc1ccc(C)c(-c2cnn(CCN)c2)c1. The highest BCUT2D eigenvalue weighted by Gasteiger charge is 2.04. The molecule has 0 saturated carbocycles. The maximum atomic E-state index is 5.50. The van der Waals surface area contributed by atoms with E-state index in [1.807, 2.05) is 10.9 Å². The number of aryl methyl sites for hydroxylation is 2. The van der Waals surface area contributed by atoms with Gasteiger partial charge in [-0.15, -0.1) is 0 Å². The minimum absolute atomic E-state index is 0.619. The zero-order chi connectivity index (χ0) is 11.5. The molecule has 16 heavy (non-hydrogen) atoms. The minimum Gasteiger partial charge on any atom is -0.329 e. The van der Waals surface area contributed by atoms with Gasteiger partial charge in [-0.1, -0.05) is 23.8 Å². The number of benzene rings is 1. The van der Waals surface area contributed by atoms with Crippen molar-refractivity contribution in [3.63, 3.8) is 0 Å². The number of hydrogen-bond acceptors (Lipinski definition) is 2. The van der Waals surface area contributed by atoms with Gasteiger partial charge in [0.1, 0.15) is 0 Å². The van der Waals surface area contributed by atoms with Crippen LogP contribution in [-0.4, -0.2) is 16.3 Å². The van der Waals surface area contributed by atoms with E-state index in [4.69, 9.17) is 5.73 Å². The van der Waals surface area contributed by atoms with Crippen molar-refractivity contribution in [3.05, 3.63) is 41.7 Å². The Hall–Kier alpha value is -1.61. The fourth-order valence-corrected chi connectivity index (χ4v) is 1.80. The average Bonchev–Trinajstić information content (AvgIpc) is 2.71. The Kier molecular flexibility index (Phi) is 3.06. The van der Waals surface area contributed by atoms with Crippen molar-refractivity contribution in [1.82, 2.24) is 9.78 Å². The summed E-state index contributed by atoms with van der Waals surface area (Å²) in [5, 5.41) is 4.29. The van der Waals surface area contributed by atoms with Crippen molar-refractivity contribution in [1.29, 1.82) is 0 Å². The van der Waals surface area contributed by atoms with Crippen LogP contribution in [-0.2, 0) is 6.54 Å². The largest absolute Gasteiger partial charge is 0.329 e. The predicted octanol–water partition coefficient (Wildman–Crippen LogP) is 2.13. The highest BCUT2D eigenvalue weighted by Crippen LogP contribution is 2.23. The molecule has 0 radical (unpaired) electrons. The smallest absolute Gasteiger partial charge is 0.0568 e. The molecule has 84 valence electrons. The molecule has 1 aromatic heterocycles. The molecule has 2 N–H and O–H groups in total. The molecular weight excluding hydrogens is 198 g/mol. The topological polar surface area (TPSA) is 43.8 Å². The van der Waals surface area contributed by atoms with Crippen LogP contribution < -0.4 is 5.73 Å². The zero-order valence-corrected chi connectivity index (χ0v) is 9.77. The molecule has 0 aliphatic carbocycles. The lowest BCUT2D eigenvalue weighted by Crippen LogP contribution is -2.09. The molecule has 2 rings (SSSR count). The van der Waals surface area contributed by atoms with Crippen LogP contribution in [0.3, 0.4) is 0 Å². The van der Waals surface area contributed by atoms with Crippen LogP contribution in [0.15, 0.2) is 30.6 Å². The Morgan fingerprint density at radius 2 is 2.12 bits per heavy atom. The van der Waals surface area contributed by atoms with Crippen LogP contribution in [0.1, 0.15) is 11.1 Å². The van der Waals surface area contributed by atoms with Gasteiger partial charge in [-0.2, -0.15) is 5.10 Å². The lowest BCUT2D eigenvalue weighted by molar-refractivity contribution is 0.625. The van der Waals surface area contributed by atoms with E-state index in [2.05, 4.69) is 43.3 Å². The van der Waals surface area contributed by atoms with Crippen LogP contribution in [0.2, 0.25) is 0 Å². The molecule has 2 aromatic rings. The summed E-state index contributed by atoms with van der Waals surface area (Å²) in [5.41, 5.74) is 10.5. The van der Waals surface area contributed by atoms with Gasteiger partial charge in [-0.3, -0.25) is 4.68 Å². The van der Waals surface area contributed by atoms with E-state index < -0.39 is 0 Å². The molecule has 0 unspecified atom stereocenters. The van der Waals surface area contributed by atoms with Crippen LogP contribution in [0, 0.1) is 13.8 Å². The monoisotopic (exact) mass is 215 g/mol. The van der Waals surface area contributed by atoms with Crippen LogP contribution in [0.25, 0.3) is 11.1 Å². The third kappa shape index (κ3) is 2.14. The lowest BCUT2D eigenvalue weighted by Gasteiger charge is -2.04. The highest BCUT2D eigenvalue weighted by atomic mass is 15.3. The van der Waals surface area contributed by atoms with E-state index in [-0.39, 0.29) is 0 Å². The highest BCUT2D eigenvalue weighted by molar-refractivity contribution is 5.66. The first-order valence-corrected chi connectivity index (χ1v) is 5.51. The van der Waals surface area contributed by atoms with E-state index >= 15 is 0 Å². The van der Waals surface area contributed by atoms with Crippen molar-refractivity contribution >= 4 is 0 Å². The molecule has 3 nitrogen and oxygen atoms in total. The third-order valence-electron chi connectivity index (χ3n) is 2.70. The van der Waals surface area contributed by atoms with Gasteiger partial charge in [0.2, 0.25) is 0 Å². The summed E-state index contributed by atoms with van der Waals surface area (Å²) in [4.78, 5) is 0. The molecule has 1 heterocycles. The fourth-order valence-electron chi connectivity index (χ4n) is 1.80. The van der Waals surface area contributed by atoms with Crippen LogP contribution in [0.4, 0.5) is 0 Å². The van der Waals surface area contributed by atoms with Crippen molar-refractivity contribution in [2.45, 2.75) is 20.4 Å². The van der Waals surface area contributed by atoms with Gasteiger partial charge >= 0.3 is 0 Å². The quantitative estimate of drug-likeness (QED) is 0.852. The normalized spacial score (nSPS) is 10.7. The van der Waals surface area contributed by atoms with E-state index in [9.17, 15) is 0 Å². The first-order chi connectivity index (χ1) is 7.70. The molecular formula is C13H17N3. The summed E-state index contributed by atoms with van der Waals surface area (Å²) in [6.07, 6.45) is 3.95. The summed E-state index contributed by atoms with van der Waals surface area (Å²) in [7, 11) is 0. The molecule has 3 heteroatoms. The van der Waals surface area contributed by atoms with Gasteiger partial charge in [-0.05, 0) is 25.0 Å². The number of rotatable bonds is 3. The third-order valence-corrected chi connectivity index (χ3v) is 2.70. The van der Waals surface area contributed by atoms with Crippen molar-refractivity contribution in [2.24, 2.45) is 5.73 Å². The van der Waals surface area contributed by atoms with Gasteiger partial charge in [0.05, 0.1) is 12.7 Å². The van der Waals surface area contributed by atoms with Gasteiger partial charge in [0.15, 0.2) is 0 Å². The first-order valence-electron chi connectivity index (χ1n) is 5.51. The van der Waals surface area contributed by atoms with Crippen LogP contribution in [0.5, 0.6) is 0 Å². The summed E-state index contributed by atoms with van der Waals surface area (Å²) >= 11 is 0. The molecule has 0 atom stereocenters. The van der Waals surface area contributed by atoms with E-state index in [0.29, 0.717) is 6.54 Å². The van der Waals surface area contributed by atoms with Gasteiger partial charge in [0, 0.05) is 18.3 Å². The second-order valence-corrected chi connectivity index (χ2v) is 4.10. The maximum absolute atomic E-state index is 5.50. The maximum Gasteiger partial charge on any atom is 0.0568 e. The number of aromatic nitrogens is 2. The molecule has 0 bridgehead atoms. The zero-order valence-electron chi connectivity index (χ0n) is 9.77. The van der Waals surface area contributed by atoms with Gasteiger partial charge in [-0.25, -0.2) is 0 Å². The summed E-state index contributed by atoms with van der Waals surface area (Å²) in [6, 6.07) is 6.47. The molecule has 0 saturated heterocycles. The van der Waals surface area contributed by atoms with Crippen molar-refractivity contribution in [3.8, 4) is 11.1 Å². The number of hydrogen-bond donors (Lipinski definition) is 1. The molecule has 0 spiro atoms. The van der Waals surface area contributed by atoms with Gasteiger partial charge < -0.3 is 5.73 Å². The molecule has 0 fully saturated rings. The molecule has 0 amide bonds. The lowest BCUT2D eigenvalue weighted by atomic mass is 10.0. The number of nitrogens with zero attached hydrogens (tertiary/aromatic N) is 2. The summed E-state index contributed by atoms with van der Waals surface area (Å²) < 4.78 is 1.89. The minimum atomic E-state index is 0.619. The Morgan fingerprint density at radius 3 is 2.88 bits per heavy atom. The predicted molar refractivity (Wildman–Crippen MR) is 66.2 cm³/mol. The van der Waals surface area contributed by atoms with Crippen LogP contribution >= 0.6 is 0 Å². The van der Waals surface area contributed by atoms with Crippen molar-refractivity contribution in [2.75, 3.05) is 6.54 Å². The van der Waals surface area contributed by atoms with Crippen molar-refractivity contribution < 1.29 is 0 Å². The molecule has 0 aliphatic rings. The fraction of sp³-hybridized carbons (Fsp3) is 0.308. The van der Waals surface area contributed by atoms with E-state index in [0.717, 1.165) is 12.1 Å². The standard InChI is InChI=1S/C13H17N3/c1-10-3-4-11(2)13(7-10)12-8-15-16(9-12)6-5-14/h3-4,7-9H,5-6,14H2,1-2H3. The number of nitrogens with two attached hydrogens (primary N) is 1. The Balaban J connectivity index is 2.38. The Labute approximate surface area is 95.9 Å². The van der Waals surface area contributed by atoms with E-state index in [1.165, 1.54) is 16.7 Å². The molecule has 0 aliphatic heterocycles. The first kappa shape index (κ1) is 10.9. The Bertz CT molecular complexity index is 486.